The van der Waals surface area contributed by atoms with Crippen LogP contribution in [0, 0.1) is 10.8 Å². The van der Waals surface area contributed by atoms with Crippen molar-refractivity contribution in [3.05, 3.63) is 0 Å². The summed E-state index contributed by atoms with van der Waals surface area (Å²) in [6, 6.07) is 0. The zero-order valence-electron chi connectivity index (χ0n) is 20.4. The van der Waals surface area contributed by atoms with Crippen molar-refractivity contribution in [2.45, 2.75) is 155 Å². The Bertz CT molecular complexity index is 328. The minimum Gasteiger partial charge on any atom is -0.380 e. The van der Waals surface area contributed by atoms with Crippen LogP contribution < -0.4 is 0 Å². The third-order valence-electron chi connectivity index (χ3n) is 8.02. The van der Waals surface area contributed by atoms with E-state index < -0.39 is 0 Å². The highest BCUT2D eigenvalue weighted by atomic mass is 16.5. The molecule has 2 aliphatic rings. The van der Waals surface area contributed by atoms with Crippen LogP contribution in [0.3, 0.4) is 0 Å². The second kappa shape index (κ2) is 14.9. The number of ether oxygens (including phenoxy) is 1. The Morgan fingerprint density at radius 2 is 0.586 bits per heavy atom. The van der Waals surface area contributed by atoms with Crippen LogP contribution in [0.4, 0.5) is 0 Å². The van der Waals surface area contributed by atoms with Crippen molar-refractivity contribution in [1.29, 1.82) is 0 Å². The third kappa shape index (κ3) is 11.8. The van der Waals surface area contributed by atoms with Gasteiger partial charge in [-0.1, -0.05) is 129 Å². The van der Waals surface area contributed by atoms with E-state index in [4.69, 9.17) is 4.74 Å². The summed E-state index contributed by atoms with van der Waals surface area (Å²) >= 11 is 0. The first-order chi connectivity index (χ1) is 14.1. The van der Waals surface area contributed by atoms with Gasteiger partial charge in [0.05, 0.1) is 13.2 Å². The molecule has 0 unspecified atom stereocenters. The monoisotopic (exact) mass is 406 g/mol. The van der Waals surface area contributed by atoms with E-state index in [9.17, 15) is 0 Å². The van der Waals surface area contributed by atoms with E-state index in [1.165, 1.54) is 141 Å². The van der Waals surface area contributed by atoms with Crippen molar-refractivity contribution >= 4 is 0 Å². The van der Waals surface area contributed by atoms with Gasteiger partial charge >= 0.3 is 0 Å². The Morgan fingerprint density at radius 3 is 0.828 bits per heavy atom. The van der Waals surface area contributed by atoms with Gasteiger partial charge in [0.25, 0.3) is 0 Å². The van der Waals surface area contributed by atoms with Gasteiger partial charge in [0.15, 0.2) is 0 Å². The van der Waals surface area contributed by atoms with Crippen molar-refractivity contribution in [3.63, 3.8) is 0 Å². The van der Waals surface area contributed by atoms with Crippen LogP contribution in [0.2, 0.25) is 0 Å². The normalized spacial score (nSPS) is 26.3. The molecule has 0 heterocycles. The van der Waals surface area contributed by atoms with Crippen molar-refractivity contribution < 1.29 is 4.74 Å². The molecule has 2 fully saturated rings. The maximum atomic E-state index is 6.57. The molecule has 2 saturated carbocycles. The zero-order valence-corrected chi connectivity index (χ0v) is 20.4. The van der Waals surface area contributed by atoms with Crippen LogP contribution in [0.25, 0.3) is 0 Å². The van der Waals surface area contributed by atoms with Crippen LogP contribution in [0.1, 0.15) is 155 Å². The highest BCUT2D eigenvalue weighted by molar-refractivity contribution is 4.78. The van der Waals surface area contributed by atoms with Gasteiger partial charge in [-0.15, -0.1) is 0 Å². The Morgan fingerprint density at radius 1 is 0.379 bits per heavy atom. The maximum absolute atomic E-state index is 6.57. The largest absolute Gasteiger partial charge is 0.380 e. The molecule has 0 aliphatic heterocycles. The lowest BCUT2D eigenvalue weighted by molar-refractivity contribution is -0.0121. The summed E-state index contributed by atoms with van der Waals surface area (Å²) in [5.74, 6) is 0. The third-order valence-corrected chi connectivity index (χ3v) is 8.02. The second-order valence-electron chi connectivity index (χ2n) is 11.5. The van der Waals surface area contributed by atoms with E-state index in [-0.39, 0.29) is 0 Å². The van der Waals surface area contributed by atoms with Gasteiger partial charge in [0.2, 0.25) is 0 Å². The summed E-state index contributed by atoms with van der Waals surface area (Å²) in [5, 5.41) is 0. The molecule has 2 rings (SSSR count). The Kier molecular flexibility index (Phi) is 12.9. The summed E-state index contributed by atoms with van der Waals surface area (Å²) in [6.07, 6.45) is 31.5. The summed E-state index contributed by atoms with van der Waals surface area (Å²) in [6.45, 7) is 7.06. The molecule has 0 spiro atoms. The quantitative estimate of drug-likeness (QED) is 0.451. The molecule has 0 amide bonds. The van der Waals surface area contributed by atoms with E-state index in [1.807, 2.05) is 0 Å². The lowest BCUT2D eigenvalue weighted by Crippen LogP contribution is -2.29. The van der Waals surface area contributed by atoms with E-state index in [1.54, 1.807) is 0 Å². The van der Waals surface area contributed by atoms with Gasteiger partial charge in [0, 0.05) is 0 Å². The van der Waals surface area contributed by atoms with E-state index in [2.05, 4.69) is 13.8 Å². The van der Waals surface area contributed by atoms with Gasteiger partial charge in [-0.2, -0.15) is 0 Å². The van der Waals surface area contributed by atoms with E-state index in [0.29, 0.717) is 10.8 Å². The summed E-state index contributed by atoms with van der Waals surface area (Å²) < 4.78 is 6.57. The Balaban J connectivity index is 1.79. The predicted molar refractivity (Wildman–Crippen MR) is 129 cm³/mol. The van der Waals surface area contributed by atoms with Crippen LogP contribution in [0.5, 0.6) is 0 Å². The molecule has 0 radical (unpaired) electrons. The number of hydrogen-bond donors (Lipinski definition) is 0. The summed E-state index contributed by atoms with van der Waals surface area (Å²) in [4.78, 5) is 0. The molecule has 172 valence electrons. The minimum atomic E-state index is 0.418. The highest BCUT2D eigenvalue weighted by Gasteiger charge is 2.28. The van der Waals surface area contributed by atoms with E-state index >= 15 is 0 Å². The zero-order chi connectivity index (χ0) is 20.7. The van der Waals surface area contributed by atoms with Crippen LogP contribution in [-0.2, 0) is 4.74 Å². The van der Waals surface area contributed by atoms with Gasteiger partial charge < -0.3 is 4.74 Å². The first-order valence-corrected chi connectivity index (χ1v) is 13.7. The summed E-state index contributed by atoms with van der Waals surface area (Å²) in [7, 11) is 0. The van der Waals surface area contributed by atoms with E-state index in [0.717, 1.165) is 13.2 Å². The molecular formula is C28H54O. The summed E-state index contributed by atoms with van der Waals surface area (Å²) in [5.41, 5.74) is 0.835. The molecule has 0 aromatic carbocycles. The standard InChI is InChI=1S/C28H54O/c1-27(21-17-13-9-5-3-6-10-14-18-22-27)25-29-26-28(2)23-19-15-11-7-4-8-12-16-20-24-28/h3-26H2,1-2H3. The fraction of sp³-hybridized carbons (Fsp3) is 1.00. The molecule has 29 heavy (non-hydrogen) atoms. The smallest absolute Gasteiger partial charge is 0.0520 e. The molecule has 1 heteroatoms. The molecule has 2 aliphatic carbocycles. The highest BCUT2D eigenvalue weighted by Crippen LogP contribution is 2.36. The van der Waals surface area contributed by atoms with Crippen LogP contribution >= 0.6 is 0 Å². The van der Waals surface area contributed by atoms with Gasteiger partial charge in [-0.3, -0.25) is 0 Å². The fourth-order valence-electron chi connectivity index (χ4n) is 5.76. The SMILES string of the molecule is CC1(COCC2(C)CCCCCCCCCCC2)CCCCCCCCCCC1. The van der Waals surface area contributed by atoms with Gasteiger partial charge in [-0.25, -0.2) is 0 Å². The molecule has 0 atom stereocenters. The fourth-order valence-corrected chi connectivity index (χ4v) is 5.76. The molecule has 1 nitrogen and oxygen atoms in total. The Labute approximate surface area is 184 Å². The van der Waals surface area contributed by atoms with Crippen molar-refractivity contribution in [3.8, 4) is 0 Å². The molecule has 0 saturated heterocycles. The van der Waals surface area contributed by atoms with Crippen molar-refractivity contribution in [2.75, 3.05) is 13.2 Å². The number of rotatable bonds is 4. The van der Waals surface area contributed by atoms with Crippen LogP contribution in [0.15, 0.2) is 0 Å². The number of hydrogen-bond acceptors (Lipinski definition) is 1. The first kappa shape index (κ1) is 25.2. The molecule has 0 bridgehead atoms. The Hall–Kier alpha value is -0.0400. The lowest BCUT2D eigenvalue weighted by Gasteiger charge is -2.34. The van der Waals surface area contributed by atoms with Crippen molar-refractivity contribution in [2.24, 2.45) is 10.8 Å². The molecule has 0 N–H and O–H groups in total. The molecule has 0 aromatic rings. The second-order valence-corrected chi connectivity index (χ2v) is 11.5. The maximum Gasteiger partial charge on any atom is 0.0520 e. The predicted octanol–water partition coefficient (Wildman–Crippen LogP) is 9.62. The first-order valence-electron chi connectivity index (χ1n) is 13.7. The van der Waals surface area contributed by atoms with Crippen molar-refractivity contribution in [1.82, 2.24) is 0 Å². The molecular weight excluding hydrogens is 352 g/mol. The van der Waals surface area contributed by atoms with Crippen LogP contribution in [-0.4, -0.2) is 13.2 Å². The molecule has 0 aromatic heterocycles. The topological polar surface area (TPSA) is 9.23 Å². The van der Waals surface area contributed by atoms with Gasteiger partial charge in [-0.05, 0) is 36.5 Å². The average molecular weight is 407 g/mol. The van der Waals surface area contributed by atoms with Gasteiger partial charge in [0.1, 0.15) is 0 Å². The minimum absolute atomic E-state index is 0.418. The average Bonchev–Trinajstić information content (AvgIpc) is 2.68. The lowest BCUT2D eigenvalue weighted by atomic mass is 9.79.